The fraction of sp³-hybridized carbons (Fsp3) is 0.698. The van der Waals surface area contributed by atoms with Gasteiger partial charge in [-0.25, -0.2) is 0 Å². The van der Waals surface area contributed by atoms with Crippen LogP contribution in [0.3, 0.4) is 0 Å². The van der Waals surface area contributed by atoms with Crippen LogP contribution in [0.1, 0.15) is 265 Å². The summed E-state index contributed by atoms with van der Waals surface area (Å²) in [5.74, 6) is -0.928. The molecular formula is C63H106O6. The highest BCUT2D eigenvalue weighted by atomic mass is 16.6. The van der Waals surface area contributed by atoms with Crippen LogP contribution in [0.25, 0.3) is 0 Å². The second kappa shape index (κ2) is 56.9. The third kappa shape index (κ3) is 55.1. The molecule has 1 unspecified atom stereocenters. The van der Waals surface area contributed by atoms with Gasteiger partial charge in [0.25, 0.3) is 0 Å². The maximum Gasteiger partial charge on any atom is 0.306 e. The molecule has 0 aromatic heterocycles. The lowest BCUT2D eigenvalue weighted by molar-refractivity contribution is -0.167. The standard InChI is InChI=1S/C63H106O6/c1-4-7-10-13-16-19-21-23-25-27-28-29-30-31-32-33-34-36-37-39-41-44-47-50-53-56-62(65)68-59-60(58-67-61(64)55-52-49-46-43-18-15-12-9-6-3)69-63(66)57-54-51-48-45-42-40-38-35-26-24-22-20-17-14-11-8-5-2/h7,10,16,19,23-26,28-29,31-32,34,36,39,41,60H,4-6,8-9,11-15,17-18,20-22,27,30,33,35,37-38,40,42-59H2,1-3H3/b10-7-,19-16-,25-23-,26-24-,29-28-,32-31-,36-34-,41-39-. The quantitative estimate of drug-likeness (QED) is 0.0262. The molecule has 0 heterocycles. The molecule has 0 amide bonds. The number of unbranched alkanes of at least 4 members (excludes halogenated alkanes) is 24. The smallest absolute Gasteiger partial charge is 0.306 e. The fourth-order valence-corrected chi connectivity index (χ4v) is 7.77. The number of allylic oxidation sites excluding steroid dienone is 16. The molecule has 69 heavy (non-hydrogen) atoms. The minimum Gasteiger partial charge on any atom is -0.462 e. The zero-order valence-corrected chi connectivity index (χ0v) is 45.0. The summed E-state index contributed by atoms with van der Waals surface area (Å²) < 4.78 is 16.8. The van der Waals surface area contributed by atoms with E-state index in [1.165, 1.54) is 116 Å². The average Bonchev–Trinajstić information content (AvgIpc) is 3.35. The Morgan fingerprint density at radius 1 is 0.304 bits per heavy atom. The Kier molecular flexibility index (Phi) is 53.9. The molecule has 0 spiro atoms. The first-order valence-electron chi connectivity index (χ1n) is 28.7. The number of carbonyl (C=O) groups is 3. The van der Waals surface area contributed by atoms with Crippen LogP contribution in [-0.2, 0) is 28.6 Å². The van der Waals surface area contributed by atoms with Crippen LogP contribution in [0.4, 0.5) is 0 Å². The van der Waals surface area contributed by atoms with Crippen molar-refractivity contribution in [1.29, 1.82) is 0 Å². The zero-order chi connectivity index (χ0) is 50.0. The van der Waals surface area contributed by atoms with Crippen molar-refractivity contribution in [2.75, 3.05) is 13.2 Å². The van der Waals surface area contributed by atoms with Crippen LogP contribution in [0.15, 0.2) is 97.2 Å². The summed E-state index contributed by atoms with van der Waals surface area (Å²) in [5.41, 5.74) is 0. The van der Waals surface area contributed by atoms with E-state index in [0.29, 0.717) is 19.3 Å². The molecule has 0 fully saturated rings. The molecule has 1 atom stereocenters. The number of hydrogen-bond donors (Lipinski definition) is 0. The first-order valence-corrected chi connectivity index (χ1v) is 28.7. The molecule has 6 nitrogen and oxygen atoms in total. The van der Waals surface area contributed by atoms with Gasteiger partial charge in [0.05, 0.1) is 0 Å². The molecule has 0 aliphatic carbocycles. The third-order valence-corrected chi connectivity index (χ3v) is 12.1. The van der Waals surface area contributed by atoms with Gasteiger partial charge < -0.3 is 14.2 Å². The summed E-state index contributed by atoms with van der Waals surface area (Å²) in [7, 11) is 0. The lowest BCUT2D eigenvalue weighted by Crippen LogP contribution is -2.30. The van der Waals surface area contributed by atoms with Crippen molar-refractivity contribution in [3.8, 4) is 0 Å². The topological polar surface area (TPSA) is 78.9 Å². The van der Waals surface area contributed by atoms with Crippen molar-refractivity contribution >= 4 is 17.9 Å². The Balaban J connectivity index is 4.35. The normalized spacial score (nSPS) is 12.8. The minimum absolute atomic E-state index is 0.0889. The molecule has 0 bridgehead atoms. The van der Waals surface area contributed by atoms with Crippen molar-refractivity contribution in [3.63, 3.8) is 0 Å². The second-order valence-electron chi connectivity index (χ2n) is 18.8. The van der Waals surface area contributed by atoms with Gasteiger partial charge >= 0.3 is 17.9 Å². The highest BCUT2D eigenvalue weighted by Gasteiger charge is 2.19. The maximum atomic E-state index is 12.8. The molecule has 0 aromatic rings. The van der Waals surface area contributed by atoms with Crippen LogP contribution >= 0.6 is 0 Å². The third-order valence-electron chi connectivity index (χ3n) is 12.1. The molecule has 0 aliphatic heterocycles. The summed E-state index contributed by atoms with van der Waals surface area (Å²) >= 11 is 0. The van der Waals surface area contributed by atoms with Gasteiger partial charge in [-0.2, -0.15) is 0 Å². The van der Waals surface area contributed by atoms with E-state index < -0.39 is 6.10 Å². The van der Waals surface area contributed by atoms with Crippen molar-refractivity contribution in [3.05, 3.63) is 97.2 Å². The Labute approximate surface area is 426 Å². The molecule has 0 aliphatic rings. The van der Waals surface area contributed by atoms with Crippen LogP contribution in [-0.4, -0.2) is 37.2 Å². The zero-order valence-electron chi connectivity index (χ0n) is 45.0. The molecular weight excluding hydrogens is 853 g/mol. The lowest BCUT2D eigenvalue weighted by Gasteiger charge is -2.18. The molecule has 0 N–H and O–H groups in total. The van der Waals surface area contributed by atoms with Gasteiger partial charge in [-0.15, -0.1) is 0 Å². The van der Waals surface area contributed by atoms with Gasteiger partial charge in [-0.05, 0) is 103 Å². The van der Waals surface area contributed by atoms with E-state index in [0.717, 1.165) is 109 Å². The number of rotatable bonds is 51. The van der Waals surface area contributed by atoms with Crippen LogP contribution < -0.4 is 0 Å². The molecule has 0 saturated heterocycles. The predicted octanol–water partition coefficient (Wildman–Crippen LogP) is 19.3. The van der Waals surface area contributed by atoms with E-state index in [-0.39, 0.29) is 31.1 Å². The predicted molar refractivity (Wildman–Crippen MR) is 297 cm³/mol. The molecule has 0 radical (unpaired) electrons. The van der Waals surface area contributed by atoms with Gasteiger partial charge in [0.2, 0.25) is 0 Å². The minimum atomic E-state index is -0.792. The molecule has 0 aromatic carbocycles. The van der Waals surface area contributed by atoms with Crippen molar-refractivity contribution in [2.24, 2.45) is 0 Å². The van der Waals surface area contributed by atoms with E-state index in [4.69, 9.17) is 14.2 Å². The number of hydrogen-bond acceptors (Lipinski definition) is 6. The van der Waals surface area contributed by atoms with E-state index in [2.05, 4.69) is 118 Å². The summed E-state index contributed by atoms with van der Waals surface area (Å²) in [6, 6.07) is 0. The van der Waals surface area contributed by atoms with Crippen molar-refractivity contribution in [1.82, 2.24) is 0 Å². The maximum absolute atomic E-state index is 12.8. The lowest BCUT2D eigenvalue weighted by atomic mass is 10.1. The van der Waals surface area contributed by atoms with E-state index in [9.17, 15) is 14.4 Å². The molecule has 394 valence electrons. The van der Waals surface area contributed by atoms with Gasteiger partial charge in [-0.1, -0.05) is 240 Å². The van der Waals surface area contributed by atoms with Gasteiger partial charge in [0, 0.05) is 19.3 Å². The van der Waals surface area contributed by atoms with Crippen molar-refractivity contribution in [2.45, 2.75) is 271 Å². The molecule has 6 heteroatoms. The monoisotopic (exact) mass is 959 g/mol. The second-order valence-corrected chi connectivity index (χ2v) is 18.8. The van der Waals surface area contributed by atoms with Gasteiger partial charge in [0.15, 0.2) is 6.10 Å². The Bertz CT molecular complexity index is 1380. The van der Waals surface area contributed by atoms with Crippen molar-refractivity contribution < 1.29 is 28.6 Å². The Morgan fingerprint density at radius 2 is 0.565 bits per heavy atom. The van der Waals surface area contributed by atoms with Crippen LogP contribution in [0.5, 0.6) is 0 Å². The average molecular weight is 960 g/mol. The van der Waals surface area contributed by atoms with Gasteiger partial charge in [-0.3, -0.25) is 14.4 Å². The summed E-state index contributed by atoms with van der Waals surface area (Å²) in [6.07, 6.45) is 75.5. The highest BCUT2D eigenvalue weighted by Crippen LogP contribution is 2.14. The molecule has 0 rings (SSSR count). The van der Waals surface area contributed by atoms with Crippen LogP contribution in [0, 0.1) is 0 Å². The SMILES string of the molecule is CC/C=C\C/C=C\C/C=C\C/C=C\C/C=C\C/C=C\C/C=C\CCCCCC(=O)OCC(COC(=O)CCCCCCCCCCC)OC(=O)CCCCCCCCC/C=C\CCCCCCCC. The summed E-state index contributed by atoms with van der Waals surface area (Å²) in [4.78, 5) is 38.0. The number of ether oxygens (including phenoxy) is 3. The van der Waals surface area contributed by atoms with E-state index in [1.807, 2.05) is 0 Å². The summed E-state index contributed by atoms with van der Waals surface area (Å²) in [6.45, 7) is 6.47. The fourth-order valence-electron chi connectivity index (χ4n) is 7.77. The van der Waals surface area contributed by atoms with Gasteiger partial charge in [0.1, 0.15) is 13.2 Å². The Hall–Kier alpha value is -3.67. The van der Waals surface area contributed by atoms with E-state index in [1.54, 1.807) is 0 Å². The molecule has 0 saturated carbocycles. The first kappa shape index (κ1) is 65.3. The summed E-state index contributed by atoms with van der Waals surface area (Å²) in [5, 5.41) is 0. The number of carbonyl (C=O) groups excluding carboxylic acids is 3. The Morgan fingerprint density at radius 3 is 0.913 bits per heavy atom. The van der Waals surface area contributed by atoms with E-state index >= 15 is 0 Å². The van der Waals surface area contributed by atoms with Crippen LogP contribution in [0.2, 0.25) is 0 Å². The number of esters is 3. The highest BCUT2D eigenvalue weighted by molar-refractivity contribution is 5.71. The first-order chi connectivity index (χ1) is 34.0. The largest absolute Gasteiger partial charge is 0.462 e.